The molecule has 20 heavy (non-hydrogen) atoms. The summed E-state index contributed by atoms with van der Waals surface area (Å²) in [7, 11) is -1.66. The molecule has 0 aromatic rings. The molecule has 0 aromatic heterocycles. The van der Waals surface area contributed by atoms with Gasteiger partial charge in [0, 0.05) is 13.0 Å². The second-order valence-corrected chi connectivity index (χ2v) is 12.5. The molecule has 1 rings (SSSR count). The molecule has 0 amide bonds. The van der Waals surface area contributed by atoms with Crippen molar-refractivity contribution in [3.8, 4) is 0 Å². The first-order valence-corrected chi connectivity index (χ1v) is 10.5. The minimum absolute atomic E-state index is 0.0802. The van der Waals surface area contributed by atoms with E-state index in [-0.39, 0.29) is 17.2 Å². The highest BCUT2D eigenvalue weighted by Crippen LogP contribution is 2.37. The Kier molecular flexibility index (Phi) is 5.64. The lowest BCUT2D eigenvalue weighted by molar-refractivity contribution is -0.291. The quantitative estimate of drug-likeness (QED) is 0.553. The predicted molar refractivity (Wildman–Crippen MR) is 86.4 cm³/mol. The molecule has 0 bridgehead atoms. The third-order valence-corrected chi connectivity index (χ3v) is 8.89. The van der Waals surface area contributed by atoms with Gasteiger partial charge < -0.3 is 13.9 Å². The first kappa shape index (κ1) is 17.9. The molecule has 2 atom stereocenters. The SMILES string of the molecule is C=C[C@H]1C[C@@H](CCO[Si](C)(C)C(C)(C)C)OC(C)(C)O1. The Morgan fingerprint density at radius 2 is 1.90 bits per heavy atom. The van der Waals surface area contributed by atoms with E-state index in [1.54, 1.807) is 0 Å². The molecule has 3 nitrogen and oxygen atoms in total. The molecule has 0 unspecified atom stereocenters. The molecule has 0 saturated carbocycles. The van der Waals surface area contributed by atoms with Crippen molar-refractivity contribution in [2.75, 3.05) is 6.61 Å². The Labute approximate surface area is 125 Å². The third kappa shape index (κ3) is 4.99. The maximum atomic E-state index is 6.23. The van der Waals surface area contributed by atoms with Crippen LogP contribution < -0.4 is 0 Å². The maximum absolute atomic E-state index is 6.23. The van der Waals surface area contributed by atoms with Crippen LogP contribution in [0, 0.1) is 0 Å². The summed E-state index contributed by atoms with van der Waals surface area (Å²) in [4.78, 5) is 0. The van der Waals surface area contributed by atoms with E-state index in [9.17, 15) is 0 Å². The first-order valence-electron chi connectivity index (χ1n) is 7.59. The fourth-order valence-electron chi connectivity index (χ4n) is 2.13. The summed E-state index contributed by atoms with van der Waals surface area (Å²) >= 11 is 0. The Bertz CT molecular complexity index is 331. The lowest BCUT2D eigenvalue weighted by atomic mass is 10.1. The first-order chi connectivity index (χ1) is 8.97. The van der Waals surface area contributed by atoms with Crippen LogP contribution >= 0.6 is 0 Å². The summed E-state index contributed by atoms with van der Waals surface area (Å²) in [5, 5.41) is 0.256. The van der Waals surface area contributed by atoms with Crippen molar-refractivity contribution in [2.45, 2.75) is 83.6 Å². The standard InChI is InChI=1S/C16H32O3Si/c1-9-13-12-14(19-16(5,6)18-13)10-11-17-20(7,8)15(2,3)4/h9,13-14H,1,10-12H2,2-8H3/t13-,14+/m0/s1. The average molecular weight is 301 g/mol. The lowest BCUT2D eigenvalue weighted by Crippen LogP contribution is -2.45. The number of hydrogen-bond acceptors (Lipinski definition) is 3. The molecule has 1 aliphatic heterocycles. The van der Waals surface area contributed by atoms with Crippen molar-refractivity contribution in [2.24, 2.45) is 0 Å². The van der Waals surface area contributed by atoms with Gasteiger partial charge in [0.25, 0.3) is 0 Å². The predicted octanol–water partition coefficient (Wildman–Crippen LogP) is 4.49. The molecule has 0 spiro atoms. The van der Waals surface area contributed by atoms with Gasteiger partial charge in [-0.05, 0) is 38.4 Å². The van der Waals surface area contributed by atoms with Gasteiger partial charge in [0.05, 0.1) is 12.2 Å². The molecule has 0 aliphatic carbocycles. The van der Waals surface area contributed by atoms with E-state index >= 15 is 0 Å². The van der Waals surface area contributed by atoms with Gasteiger partial charge in [-0.25, -0.2) is 0 Å². The van der Waals surface area contributed by atoms with E-state index in [1.165, 1.54) is 0 Å². The van der Waals surface area contributed by atoms with Gasteiger partial charge in [-0.3, -0.25) is 0 Å². The summed E-state index contributed by atoms with van der Waals surface area (Å²) in [6.45, 7) is 19.9. The van der Waals surface area contributed by atoms with Gasteiger partial charge in [-0.2, -0.15) is 0 Å². The molecule has 0 aromatic carbocycles. The van der Waals surface area contributed by atoms with Crippen LogP contribution in [0.25, 0.3) is 0 Å². The lowest BCUT2D eigenvalue weighted by Gasteiger charge is -2.41. The molecule has 118 valence electrons. The molecule has 4 heteroatoms. The van der Waals surface area contributed by atoms with E-state index in [2.05, 4.69) is 40.4 Å². The second-order valence-electron chi connectivity index (χ2n) is 7.66. The minimum atomic E-state index is -1.66. The summed E-state index contributed by atoms with van der Waals surface area (Å²) in [6, 6.07) is 0. The highest BCUT2D eigenvalue weighted by atomic mass is 28.4. The summed E-state index contributed by atoms with van der Waals surface area (Å²) in [5.41, 5.74) is 0. The molecule has 1 saturated heterocycles. The zero-order valence-electron chi connectivity index (χ0n) is 14.3. The molecule has 0 radical (unpaired) electrons. The zero-order valence-corrected chi connectivity index (χ0v) is 15.3. The highest BCUT2D eigenvalue weighted by Gasteiger charge is 2.38. The van der Waals surface area contributed by atoms with Gasteiger partial charge in [0.15, 0.2) is 14.1 Å². The zero-order chi connectivity index (χ0) is 15.6. The molecule has 1 heterocycles. The topological polar surface area (TPSA) is 27.7 Å². The van der Waals surface area contributed by atoms with Gasteiger partial charge in [0.1, 0.15) is 0 Å². The Morgan fingerprint density at radius 3 is 2.40 bits per heavy atom. The Morgan fingerprint density at radius 1 is 1.30 bits per heavy atom. The van der Waals surface area contributed by atoms with E-state index in [4.69, 9.17) is 13.9 Å². The third-order valence-electron chi connectivity index (χ3n) is 4.35. The number of hydrogen-bond donors (Lipinski definition) is 0. The van der Waals surface area contributed by atoms with Crippen LogP contribution in [0.5, 0.6) is 0 Å². The Hall–Kier alpha value is -0.163. The van der Waals surface area contributed by atoms with Crippen molar-refractivity contribution in [3.05, 3.63) is 12.7 Å². The fourth-order valence-corrected chi connectivity index (χ4v) is 3.19. The van der Waals surface area contributed by atoms with Crippen LogP contribution in [0.1, 0.15) is 47.5 Å². The highest BCUT2D eigenvalue weighted by molar-refractivity contribution is 6.74. The average Bonchev–Trinajstić information content (AvgIpc) is 2.25. The number of rotatable bonds is 5. The van der Waals surface area contributed by atoms with Crippen LogP contribution in [-0.4, -0.2) is 32.9 Å². The van der Waals surface area contributed by atoms with Crippen molar-refractivity contribution >= 4 is 8.32 Å². The van der Waals surface area contributed by atoms with Crippen LogP contribution in [0.15, 0.2) is 12.7 Å². The molecular formula is C16H32O3Si. The monoisotopic (exact) mass is 300 g/mol. The van der Waals surface area contributed by atoms with Crippen molar-refractivity contribution in [3.63, 3.8) is 0 Å². The largest absolute Gasteiger partial charge is 0.417 e. The van der Waals surface area contributed by atoms with Crippen LogP contribution in [0.2, 0.25) is 18.1 Å². The second kappa shape index (κ2) is 6.30. The molecule has 0 N–H and O–H groups in total. The normalized spacial score (nSPS) is 27.4. The van der Waals surface area contributed by atoms with Crippen LogP contribution in [0.3, 0.4) is 0 Å². The minimum Gasteiger partial charge on any atom is -0.417 e. The van der Waals surface area contributed by atoms with Gasteiger partial charge in [-0.15, -0.1) is 6.58 Å². The summed E-state index contributed by atoms with van der Waals surface area (Å²) in [5.74, 6) is -0.529. The Balaban J connectivity index is 2.47. The van der Waals surface area contributed by atoms with E-state index < -0.39 is 14.1 Å². The van der Waals surface area contributed by atoms with E-state index in [0.29, 0.717) is 0 Å². The van der Waals surface area contributed by atoms with E-state index in [1.807, 2.05) is 19.9 Å². The van der Waals surface area contributed by atoms with E-state index in [0.717, 1.165) is 19.4 Å². The number of ether oxygens (including phenoxy) is 2. The van der Waals surface area contributed by atoms with Crippen molar-refractivity contribution in [1.82, 2.24) is 0 Å². The molecule has 1 aliphatic rings. The summed E-state index contributed by atoms with van der Waals surface area (Å²) in [6.07, 6.45) is 3.92. The maximum Gasteiger partial charge on any atom is 0.191 e. The van der Waals surface area contributed by atoms with Crippen molar-refractivity contribution in [1.29, 1.82) is 0 Å². The smallest absolute Gasteiger partial charge is 0.191 e. The van der Waals surface area contributed by atoms with Gasteiger partial charge >= 0.3 is 0 Å². The fraction of sp³-hybridized carbons (Fsp3) is 0.875. The van der Waals surface area contributed by atoms with Gasteiger partial charge in [-0.1, -0.05) is 26.8 Å². The molecule has 1 fully saturated rings. The summed E-state index contributed by atoms with van der Waals surface area (Å²) < 4.78 is 18.0. The van der Waals surface area contributed by atoms with Crippen LogP contribution in [0.4, 0.5) is 0 Å². The molecular weight excluding hydrogens is 268 g/mol. The van der Waals surface area contributed by atoms with Gasteiger partial charge in [0.2, 0.25) is 0 Å². The van der Waals surface area contributed by atoms with Crippen LogP contribution in [-0.2, 0) is 13.9 Å². The van der Waals surface area contributed by atoms with Crippen molar-refractivity contribution < 1.29 is 13.9 Å².